The van der Waals surface area contributed by atoms with E-state index in [-0.39, 0.29) is 0 Å². The van der Waals surface area contributed by atoms with Crippen molar-refractivity contribution in [2.24, 2.45) is 10.3 Å². The molecule has 0 bridgehead atoms. The number of hydrogen-bond acceptors (Lipinski definition) is 6. The predicted molar refractivity (Wildman–Crippen MR) is 181 cm³/mol. The highest BCUT2D eigenvalue weighted by Gasteiger charge is 2.19. The molecule has 230 valence electrons. The van der Waals surface area contributed by atoms with Crippen LogP contribution in [0.25, 0.3) is 27.4 Å². The fourth-order valence-electron chi connectivity index (χ4n) is 5.71. The first-order valence-electron chi connectivity index (χ1n) is 15.5. The third kappa shape index (κ3) is 7.55. The zero-order valence-electron chi connectivity index (χ0n) is 26.4. The van der Waals surface area contributed by atoms with E-state index in [0.29, 0.717) is 12.1 Å². The first-order chi connectivity index (χ1) is 21.9. The summed E-state index contributed by atoms with van der Waals surface area (Å²) >= 11 is 0. The van der Waals surface area contributed by atoms with Crippen LogP contribution in [0.15, 0.2) is 101 Å². The number of oxime groups is 2. The Morgan fingerprint density at radius 3 is 2.13 bits per heavy atom. The average Bonchev–Trinajstić information content (AvgIpc) is 3.41. The van der Waals surface area contributed by atoms with Crippen LogP contribution >= 0.6 is 0 Å². The van der Waals surface area contributed by atoms with Gasteiger partial charge in [0, 0.05) is 41.9 Å². The normalized spacial score (nSPS) is 12.1. The van der Waals surface area contributed by atoms with Crippen LogP contribution in [0.5, 0.6) is 0 Å². The third-order valence-electron chi connectivity index (χ3n) is 7.84. The molecule has 0 N–H and O–H groups in total. The van der Waals surface area contributed by atoms with Crippen molar-refractivity contribution in [3.8, 4) is 5.69 Å². The summed E-state index contributed by atoms with van der Waals surface area (Å²) in [6, 6.07) is 29.2. The largest absolute Gasteiger partial charge is 0.331 e. The number of hydrogen-bond donors (Lipinski definition) is 0. The molecule has 0 saturated heterocycles. The van der Waals surface area contributed by atoms with E-state index in [9.17, 15) is 9.59 Å². The molecule has 7 heteroatoms. The predicted octanol–water partition coefficient (Wildman–Crippen LogP) is 8.90. The van der Waals surface area contributed by atoms with E-state index in [1.807, 2.05) is 37.3 Å². The molecule has 0 amide bonds. The molecule has 1 heterocycles. The average molecular weight is 602 g/mol. The summed E-state index contributed by atoms with van der Waals surface area (Å²) in [6.45, 7) is 6.73. The van der Waals surface area contributed by atoms with Crippen molar-refractivity contribution in [1.82, 2.24) is 4.57 Å². The second-order valence-corrected chi connectivity index (χ2v) is 11.3. The summed E-state index contributed by atoms with van der Waals surface area (Å²) in [5.74, 6) is -0.906. The number of rotatable bonds is 12. The fourth-order valence-corrected chi connectivity index (χ4v) is 5.71. The topological polar surface area (TPSA) is 82.2 Å². The Kier molecular flexibility index (Phi) is 10.2. The van der Waals surface area contributed by atoms with Gasteiger partial charge in [0.1, 0.15) is 0 Å². The Hall–Kier alpha value is -5.04. The van der Waals surface area contributed by atoms with Crippen LogP contribution in [0.2, 0.25) is 0 Å². The van der Waals surface area contributed by atoms with Gasteiger partial charge >= 0.3 is 11.9 Å². The van der Waals surface area contributed by atoms with Gasteiger partial charge in [-0.3, -0.25) is 0 Å². The van der Waals surface area contributed by atoms with Gasteiger partial charge in [-0.2, -0.15) is 0 Å². The third-order valence-corrected chi connectivity index (χ3v) is 7.84. The van der Waals surface area contributed by atoms with E-state index in [1.165, 1.54) is 25.0 Å². The van der Waals surface area contributed by atoms with Gasteiger partial charge in [-0.1, -0.05) is 103 Å². The van der Waals surface area contributed by atoms with E-state index in [2.05, 4.69) is 82.6 Å². The van der Waals surface area contributed by atoms with E-state index in [0.717, 1.165) is 76.3 Å². The second kappa shape index (κ2) is 14.6. The number of fused-ring (bicyclic) bond motifs is 2. The Bertz CT molecular complexity index is 1890. The van der Waals surface area contributed by atoms with E-state index in [4.69, 9.17) is 9.68 Å². The lowest BCUT2D eigenvalue weighted by atomic mass is 9.99. The smallest absolute Gasteiger partial charge is 0.318 e. The second-order valence-electron chi connectivity index (χ2n) is 11.3. The summed E-state index contributed by atoms with van der Waals surface area (Å²) in [6.07, 6.45) is 7.90. The zero-order valence-corrected chi connectivity index (χ0v) is 26.4. The van der Waals surface area contributed by atoms with Gasteiger partial charge in [-0.25, -0.2) is 9.59 Å². The molecule has 0 aliphatic heterocycles. The van der Waals surface area contributed by atoms with Crippen LogP contribution in [0.3, 0.4) is 0 Å². The van der Waals surface area contributed by atoms with Crippen LogP contribution in [-0.2, 0) is 25.7 Å². The van der Waals surface area contributed by atoms with Crippen molar-refractivity contribution in [3.63, 3.8) is 0 Å². The van der Waals surface area contributed by atoms with E-state index >= 15 is 0 Å². The molecule has 0 aliphatic carbocycles. The van der Waals surface area contributed by atoms with Crippen molar-refractivity contribution >= 4 is 45.0 Å². The summed E-state index contributed by atoms with van der Waals surface area (Å²) in [5.41, 5.74) is 7.62. The molecule has 0 spiro atoms. The molecule has 4 aromatic carbocycles. The summed E-state index contributed by atoms with van der Waals surface area (Å²) in [5, 5.41) is 11.5. The summed E-state index contributed by atoms with van der Waals surface area (Å²) in [7, 11) is 0. The number of carbonyl (C=O) groups excluding carboxylic acids is 2. The Morgan fingerprint density at radius 1 is 0.689 bits per heavy atom. The molecule has 7 nitrogen and oxygen atoms in total. The number of carbonyl (C=O) groups is 2. The van der Waals surface area contributed by atoms with Gasteiger partial charge < -0.3 is 14.2 Å². The molecular formula is C38H39N3O4. The van der Waals surface area contributed by atoms with Crippen LogP contribution in [0.4, 0.5) is 0 Å². The first-order valence-corrected chi connectivity index (χ1v) is 15.5. The molecular weight excluding hydrogens is 562 g/mol. The van der Waals surface area contributed by atoms with Gasteiger partial charge in [0.25, 0.3) is 0 Å². The van der Waals surface area contributed by atoms with Gasteiger partial charge in [-0.15, -0.1) is 0 Å². The molecule has 0 atom stereocenters. The molecule has 0 unspecified atom stereocenters. The molecule has 5 rings (SSSR count). The van der Waals surface area contributed by atoms with E-state index in [1.54, 1.807) is 0 Å². The minimum atomic E-state index is -0.464. The van der Waals surface area contributed by atoms with Gasteiger partial charge in [0.05, 0.1) is 22.6 Å². The SMILES string of the molecule is CCCCCC/C(=N\OC(C)=O)c1cn(-c2ccc(/C(C)=N/OC(C)=O)c3ccccc23)c2ccc(Cc3ccccc3)cc12. The molecule has 0 radical (unpaired) electrons. The molecule has 1 aromatic heterocycles. The van der Waals surface area contributed by atoms with Gasteiger partial charge in [0.15, 0.2) is 0 Å². The van der Waals surface area contributed by atoms with Crippen molar-refractivity contribution in [3.05, 3.63) is 113 Å². The molecule has 5 aromatic rings. The molecule has 0 saturated carbocycles. The molecule has 0 fully saturated rings. The first kappa shape index (κ1) is 31.4. The van der Waals surface area contributed by atoms with E-state index < -0.39 is 11.9 Å². The minimum Gasteiger partial charge on any atom is -0.318 e. The van der Waals surface area contributed by atoms with Crippen LogP contribution < -0.4 is 0 Å². The number of unbranched alkanes of at least 4 members (excludes halogenated alkanes) is 3. The Labute approximate surface area is 264 Å². The van der Waals surface area contributed by atoms with Crippen molar-refractivity contribution in [1.29, 1.82) is 0 Å². The maximum Gasteiger partial charge on any atom is 0.331 e. The van der Waals surface area contributed by atoms with Crippen molar-refractivity contribution in [2.45, 2.75) is 66.2 Å². The maximum atomic E-state index is 11.8. The van der Waals surface area contributed by atoms with Crippen LogP contribution in [0.1, 0.15) is 82.1 Å². The van der Waals surface area contributed by atoms with Crippen molar-refractivity contribution < 1.29 is 19.3 Å². The highest BCUT2D eigenvalue weighted by molar-refractivity contribution is 6.14. The monoisotopic (exact) mass is 601 g/mol. The lowest BCUT2D eigenvalue weighted by Gasteiger charge is -2.13. The highest BCUT2D eigenvalue weighted by Crippen LogP contribution is 2.33. The van der Waals surface area contributed by atoms with Gasteiger partial charge in [0.2, 0.25) is 0 Å². The zero-order chi connectivity index (χ0) is 31.8. The number of aromatic nitrogens is 1. The van der Waals surface area contributed by atoms with Crippen molar-refractivity contribution in [2.75, 3.05) is 0 Å². The number of benzene rings is 4. The lowest BCUT2D eigenvalue weighted by Crippen LogP contribution is -2.04. The van der Waals surface area contributed by atoms with Crippen LogP contribution in [0, 0.1) is 0 Å². The number of nitrogens with zero attached hydrogens (tertiary/aromatic N) is 3. The van der Waals surface area contributed by atoms with Gasteiger partial charge in [-0.05, 0) is 60.9 Å². The summed E-state index contributed by atoms with van der Waals surface area (Å²) < 4.78 is 2.19. The minimum absolute atomic E-state index is 0.443. The molecule has 0 aliphatic rings. The fraction of sp³-hybridized carbons (Fsp3) is 0.263. The lowest BCUT2D eigenvalue weighted by molar-refractivity contribution is -0.141. The Morgan fingerprint density at radius 2 is 1.40 bits per heavy atom. The highest BCUT2D eigenvalue weighted by atomic mass is 16.7. The van der Waals surface area contributed by atoms with Crippen LogP contribution in [-0.4, -0.2) is 27.9 Å². The summed E-state index contributed by atoms with van der Waals surface area (Å²) in [4.78, 5) is 33.4. The standard InChI is InChI=1S/C38H39N3O4/c1-5-6-7-11-18-36(40-45-28(4)43)35-25-41(38-21-19-30(24-34(35)38)23-29-14-9-8-10-15-29)37-22-20-31(26(2)39-44-27(3)42)32-16-12-13-17-33(32)37/h8-10,12-17,19-22,24-25H,5-7,11,18,23H2,1-4H3/b39-26+,40-36+. The molecule has 45 heavy (non-hydrogen) atoms. The quantitative estimate of drug-likeness (QED) is 0.0619. The maximum absolute atomic E-state index is 11.8. The Balaban J connectivity index is 1.69.